The Morgan fingerprint density at radius 3 is 2.43 bits per heavy atom. The molecule has 248 valence electrons. The van der Waals surface area contributed by atoms with Crippen LogP contribution in [0.2, 0.25) is 0 Å². The van der Waals surface area contributed by atoms with E-state index in [1.54, 1.807) is 18.3 Å². The molecule has 10 heteroatoms. The molecule has 0 bridgehead atoms. The minimum absolute atomic E-state index is 0.0798. The molecule has 3 aromatic rings. The summed E-state index contributed by atoms with van der Waals surface area (Å²) in [4.78, 5) is 41.2. The number of likely N-dealkylation sites (tertiary alicyclic amines) is 1. The summed E-state index contributed by atoms with van der Waals surface area (Å²) >= 11 is 0. The highest BCUT2D eigenvalue weighted by atomic mass is 16.5. The number of fused-ring (bicyclic) bond motifs is 1. The number of para-hydroxylation sites is 1. The highest BCUT2D eigenvalue weighted by molar-refractivity contribution is 6.02. The fourth-order valence-electron chi connectivity index (χ4n) is 7.15. The first-order chi connectivity index (χ1) is 22.0. The molecule has 1 saturated heterocycles. The van der Waals surface area contributed by atoms with E-state index < -0.39 is 23.4 Å². The van der Waals surface area contributed by atoms with Gasteiger partial charge in [0, 0.05) is 48.9 Å². The zero-order valence-corrected chi connectivity index (χ0v) is 28.3. The molecule has 1 saturated carbocycles. The number of nitrogens with zero attached hydrogens (tertiary/aromatic N) is 4. The molecule has 0 radical (unpaired) electrons. The van der Waals surface area contributed by atoms with Gasteiger partial charge >= 0.3 is 0 Å². The minimum Gasteiger partial charge on any atom is -0.494 e. The highest BCUT2D eigenvalue weighted by Gasteiger charge is 2.45. The Hall–Kier alpha value is -3.92. The Morgan fingerprint density at radius 1 is 1.04 bits per heavy atom. The van der Waals surface area contributed by atoms with Crippen molar-refractivity contribution in [3.63, 3.8) is 0 Å². The smallest absolute Gasteiger partial charge is 0.247 e. The number of ether oxygens (including phenoxy) is 1. The van der Waals surface area contributed by atoms with Gasteiger partial charge in [0.25, 0.3) is 0 Å². The number of aromatic nitrogens is 2. The van der Waals surface area contributed by atoms with Gasteiger partial charge in [0.15, 0.2) is 0 Å². The molecule has 10 nitrogen and oxygen atoms in total. The average Bonchev–Trinajstić information content (AvgIpc) is 3.55. The Kier molecular flexibility index (Phi) is 10.4. The van der Waals surface area contributed by atoms with Crippen molar-refractivity contribution in [1.82, 2.24) is 14.9 Å². The maximum absolute atomic E-state index is 14.4. The molecule has 1 aliphatic heterocycles. The number of carbonyl (C=O) groups is 2. The number of benzene rings is 2. The normalized spacial score (nSPS) is 19.4. The third kappa shape index (κ3) is 7.22. The molecule has 4 N–H and O–H groups in total. The topological polar surface area (TPSA) is 126 Å². The van der Waals surface area contributed by atoms with Crippen molar-refractivity contribution in [3.05, 3.63) is 48.8 Å². The maximum atomic E-state index is 14.4. The predicted octanol–water partition coefficient (Wildman–Crippen LogP) is 5.83. The van der Waals surface area contributed by atoms with E-state index in [4.69, 9.17) is 10.5 Å². The largest absolute Gasteiger partial charge is 0.494 e. The molecule has 46 heavy (non-hydrogen) atoms. The van der Waals surface area contributed by atoms with E-state index in [2.05, 4.69) is 53.2 Å². The number of nitrogens with two attached hydrogens (primary N) is 1. The molecule has 1 aromatic heterocycles. The molecule has 5 rings (SSSR count). The van der Waals surface area contributed by atoms with Crippen molar-refractivity contribution in [2.45, 2.75) is 96.8 Å². The predicted molar refractivity (Wildman–Crippen MR) is 185 cm³/mol. The van der Waals surface area contributed by atoms with Crippen molar-refractivity contribution in [2.75, 3.05) is 36.2 Å². The van der Waals surface area contributed by atoms with E-state index >= 15 is 0 Å². The molecule has 2 aliphatic rings. The second kappa shape index (κ2) is 14.2. The van der Waals surface area contributed by atoms with Crippen molar-refractivity contribution >= 4 is 39.9 Å². The van der Waals surface area contributed by atoms with Gasteiger partial charge in [0.1, 0.15) is 23.9 Å². The number of amides is 2. The van der Waals surface area contributed by atoms with E-state index in [0.29, 0.717) is 30.4 Å². The third-order valence-electron chi connectivity index (χ3n) is 9.91. The molecule has 4 atom stereocenters. The van der Waals surface area contributed by atoms with Crippen LogP contribution in [-0.4, -0.2) is 71.6 Å². The summed E-state index contributed by atoms with van der Waals surface area (Å²) < 4.78 is 5.68. The van der Waals surface area contributed by atoms with Crippen molar-refractivity contribution in [1.29, 1.82) is 0 Å². The molecule has 2 amide bonds. The van der Waals surface area contributed by atoms with Crippen LogP contribution >= 0.6 is 0 Å². The summed E-state index contributed by atoms with van der Waals surface area (Å²) in [6.07, 6.45) is 8.77. The van der Waals surface area contributed by atoms with Crippen molar-refractivity contribution in [3.8, 4) is 5.75 Å². The first kappa shape index (κ1) is 33.4. The molecular formula is C36H51N7O3. The average molecular weight is 630 g/mol. The van der Waals surface area contributed by atoms with Gasteiger partial charge < -0.3 is 30.9 Å². The Bertz CT molecular complexity index is 1500. The number of carbonyl (C=O) groups excluding carboxylic acids is 2. The zero-order valence-electron chi connectivity index (χ0n) is 28.3. The van der Waals surface area contributed by atoms with Crippen LogP contribution in [0.1, 0.15) is 72.6 Å². The Labute approximate surface area is 273 Å². The fraction of sp³-hybridized carbons (Fsp3) is 0.556. The van der Waals surface area contributed by atoms with E-state index in [0.717, 1.165) is 41.7 Å². The summed E-state index contributed by atoms with van der Waals surface area (Å²) in [6, 6.07) is 12.9. The molecule has 1 aliphatic carbocycles. The first-order valence-electron chi connectivity index (χ1n) is 16.7. The Morgan fingerprint density at radius 2 is 1.76 bits per heavy atom. The van der Waals surface area contributed by atoms with E-state index in [1.165, 1.54) is 19.3 Å². The molecular weight excluding hydrogens is 578 g/mol. The Balaban J connectivity index is 1.37. The molecule has 1 unspecified atom stereocenters. The highest BCUT2D eigenvalue weighted by Crippen LogP contribution is 2.37. The van der Waals surface area contributed by atoms with Crippen LogP contribution in [0.4, 0.5) is 17.2 Å². The van der Waals surface area contributed by atoms with Crippen molar-refractivity contribution in [2.24, 2.45) is 17.1 Å². The SMILES string of the molecule is COc1cc2ncnc(NC3CCCCC3)c2cc1NC(=O)[C@@H]1CCCN1C(=O)[C@H](C(N)[C@H](C)N(C)c1ccccc1)C(C)(C)C. The number of rotatable bonds is 10. The lowest BCUT2D eigenvalue weighted by Crippen LogP contribution is -2.58. The van der Waals surface area contributed by atoms with E-state index in [1.807, 2.05) is 49.5 Å². The van der Waals surface area contributed by atoms with Gasteiger partial charge in [-0.15, -0.1) is 0 Å². The second-order valence-electron chi connectivity index (χ2n) is 14.1. The standard InChI is InChI=1S/C36H51N7O3/c1-23(42(5)25-16-11-8-12-17-25)32(37)31(36(2,3)4)35(45)43-19-13-18-29(43)34(44)41-28-20-26-27(21-30(28)46-6)38-22-39-33(26)40-24-14-9-7-10-15-24/h8,11-12,16-17,20-24,29,31-32H,7,9-10,13-15,18-19,37H2,1-6H3,(H,41,44)(H,38,39,40)/t23-,29-,31-,32?/m0/s1. The van der Waals surface area contributed by atoms with E-state index in [-0.39, 0.29) is 17.9 Å². The van der Waals surface area contributed by atoms with Crippen LogP contribution in [0.15, 0.2) is 48.8 Å². The lowest BCUT2D eigenvalue weighted by Gasteiger charge is -2.42. The minimum atomic E-state index is -0.612. The number of hydrogen-bond acceptors (Lipinski definition) is 8. The lowest BCUT2D eigenvalue weighted by molar-refractivity contribution is -0.144. The van der Waals surface area contributed by atoms with Gasteiger partial charge in [-0.3, -0.25) is 9.59 Å². The number of anilines is 3. The number of likely N-dealkylation sites (N-methyl/N-ethyl adjacent to an activating group) is 1. The van der Waals surface area contributed by atoms with Crippen LogP contribution in [-0.2, 0) is 9.59 Å². The zero-order chi connectivity index (χ0) is 33.0. The second-order valence-corrected chi connectivity index (χ2v) is 14.1. The van der Waals surface area contributed by atoms with Gasteiger partial charge in [-0.2, -0.15) is 0 Å². The number of hydrogen-bond donors (Lipinski definition) is 3. The summed E-state index contributed by atoms with van der Waals surface area (Å²) in [7, 11) is 3.59. The van der Waals surface area contributed by atoms with Gasteiger partial charge in [-0.1, -0.05) is 58.2 Å². The van der Waals surface area contributed by atoms with Crippen molar-refractivity contribution < 1.29 is 14.3 Å². The van der Waals surface area contributed by atoms with E-state index in [9.17, 15) is 9.59 Å². The molecule has 2 fully saturated rings. The quantitative estimate of drug-likeness (QED) is 0.256. The first-order valence-corrected chi connectivity index (χ1v) is 16.7. The van der Waals surface area contributed by atoms with Gasteiger partial charge in [0.05, 0.1) is 24.2 Å². The van der Waals surface area contributed by atoms with Gasteiger partial charge in [-0.25, -0.2) is 9.97 Å². The number of methoxy groups -OCH3 is 1. The van der Waals surface area contributed by atoms with Gasteiger partial charge in [0.2, 0.25) is 11.8 Å². The summed E-state index contributed by atoms with van der Waals surface area (Å²) in [5.41, 5.74) is 8.83. The lowest BCUT2D eigenvalue weighted by atomic mass is 9.73. The van der Waals surface area contributed by atoms with Crippen LogP contribution < -0.4 is 26.0 Å². The third-order valence-corrected chi connectivity index (χ3v) is 9.91. The maximum Gasteiger partial charge on any atom is 0.247 e. The summed E-state index contributed by atoms with van der Waals surface area (Å²) in [5.74, 6) is 0.445. The summed E-state index contributed by atoms with van der Waals surface area (Å²) in [6.45, 7) is 8.73. The number of nitrogens with one attached hydrogen (secondary N) is 2. The molecule has 2 heterocycles. The van der Waals surface area contributed by atoms with Crippen LogP contribution in [0.3, 0.4) is 0 Å². The van der Waals surface area contributed by atoms with Crippen LogP contribution in [0.25, 0.3) is 10.9 Å². The molecule has 0 spiro atoms. The van der Waals surface area contributed by atoms with Crippen LogP contribution in [0, 0.1) is 11.3 Å². The summed E-state index contributed by atoms with van der Waals surface area (Å²) in [5, 5.41) is 7.53. The monoisotopic (exact) mass is 629 g/mol. The van der Waals surface area contributed by atoms with Gasteiger partial charge in [-0.05, 0) is 56.2 Å². The van der Waals surface area contributed by atoms with Crippen LogP contribution in [0.5, 0.6) is 5.75 Å². The molecule has 2 aromatic carbocycles. The fourth-order valence-corrected chi connectivity index (χ4v) is 7.15.